The second kappa shape index (κ2) is 9.07. The summed E-state index contributed by atoms with van der Waals surface area (Å²) in [5.41, 5.74) is 1.91. The topological polar surface area (TPSA) is 56.8 Å². The lowest BCUT2D eigenvalue weighted by molar-refractivity contribution is -0.130. The van der Waals surface area contributed by atoms with Gasteiger partial charge in [-0.25, -0.2) is 4.98 Å². The van der Waals surface area contributed by atoms with Gasteiger partial charge in [-0.1, -0.05) is 30.3 Å². The lowest BCUT2D eigenvalue weighted by Crippen LogP contribution is -2.51. The SMILES string of the molecule is O=C1CN(c2cc(C(=O)N3CCCCC3)ccn2)CCN1CCc1ccccc1. The summed E-state index contributed by atoms with van der Waals surface area (Å²) in [4.78, 5) is 35.7. The summed E-state index contributed by atoms with van der Waals surface area (Å²) in [5.74, 6) is 0.895. The third kappa shape index (κ3) is 4.75. The van der Waals surface area contributed by atoms with Gasteiger partial charge in [-0.15, -0.1) is 0 Å². The van der Waals surface area contributed by atoms with Crippen LogP contribution < -0.4 is 4.90 Å². The molecule has 6 heteroatoms. The number of anilines is 1. The van der Waals surface area contributed by atoms with Gasteiger partial charge < -0.3 is 14.7 Å². The average Bonchev–Trinajstić information content (AvgIpc) is 2.79. The van der Waals surface area contributed by atoms with Gasteiger partial charge in [-0.05, 0) is 43.4 Å². The second-order valence-corrected chi connectivity index (χ2v) is 7.79. The van der Waals surface area contributed by atoms with Crippen LogP contribution >= 0.6 is 0 Å². The maximum atomic E-state index is 12.8. The highest BCUT2D eigenvalue weighted by Gasteiger charge is 2.25. The van der Waals surface area contributed by atoms with Gasteiger partial charge in [0.1, 0.15) is 5.82 Å². The third-order valence-corrected chi connectivity index (χ3v) is 5.79. The monoisotopic (exact) mass is 392 g/mol. The van der Waals surface area contributed by atoms with E-state index < -0.39 is 0 Å². The van der Waals surface area contributed by atoms with E-state index in [2.05, 4.69) is 17.1 Å². The summed E-state index contributed by atoms with van der Waals surface area (Å²) in [6.07, 6.45) is 5.89. The quantitative estimate of drug-likeness (QED) is 0.785. The summed E-state index contributed by atoms with van der Waals surface area (Å²) in [5, 5.41) is 0. The molecule has 0 unspecified atom stereocenters. The maximum absolute atomic E-state index is 12.8. The van der Waals surface area contributed by atoms with Gasteiger partial charge >= 0.3 is 0 Å². The number of pyridine rings is 1. The average molecular weight is 393 g/mol. The van der Waals surface area contributed by atoms with Crippen LogP contribution in [-0.2, 0) is 11.2 Å². The van der Waals surface area contributed by atoms with E-state index in [1.54, 1.807) is 12.3 Å². The summed E-state index contributed by atoms with van der Waals surface area (Å²) in [7, 11) is 0. The van der Waals surface area contributed by atoms with Crippen molar-refractivity contribution in [3.63, 3.8) is 0 Å². The Balaban J connectivity index is 1.36. The van der Waals surface area contributed by atoms with Crippen molar-refractivity contribution in [2.45, 2.75) is 25.7 Å². The zero-order valence-electron chi connectivity index (χ0n) is 16.8. The minimum absolute atomic E-state index is 0.0705. The molecule has 0 radical (unpaired) electrons. The van der Waals surface area contributed by atoms with Gasteiger partial charge in [0.15, 0.2) is 0 Å². The van der Waals surface area contributed by atoms with Crippen molar-refractivity contribution >= 4 is 17.6 Å². The van der Waals surface area contributed by atoms with Crippen molar-refractivity contribution in [3.8, 4) is 0 Å². The Hall–Kier alpha value is -2.89. The van der Waals surface area contributed by atoms with E-state index in [-0.39, 0.29) is 11.8 Å². The molecule has 2 saturated heterocycles. The molecule has 152 valence electrons. The number of carbonyl (C=O) groups is 2. The molecule has 0 bridgehead atoms. The molecule has 2 aromatic rings. The molecule has 1 aromatic heterocycles. The number of aromatic nitrogens is 1. The van der Waals surface area contributed by atoms with Crippen LogP contribution in [0.4, 0.5) is 5.82 Å². The number of hydrogen-bond donors (Lipinski definition) is 0. The summed E-state index contributed by atoms with van der Waals surface area (Å²) >= 11 is 0. The van der Waals surface area contributed by atoms with Crippen LogP contribution in [0, 0.1) is 0 Å². The van der Waals surface area contributed by atoms with Gasteiger partial charge in [0.25, 0.3) is 5.91 Å². The first-order chi connectivity index (χ1) is 14.2. The van der Waals surface area contributed by atoms with Crippen LogP contribution in [-0.4, -0.2) is 65.9 Å². The Morgan fingerprint density at radius 1 is 0.966 bits per heavy atom. The first-order valence-electron chi connectivity index (χ1n) is 10.5. The van der Waals surface area contributed by atoms with Crippen LogP contribution in [0.2, 0.25) is 0 Å². The van der Waals surface area contributed by atoms with Gasteiger partial charge in [-0.3, -0.25) is 9.59 Å². The largest absolute Gasteiger partial charge is 0.346 e. The zero-order valence-corrected chi connectivity index (χ0v) is 16.8. The minimum atomic E-state index is 0.0705. The lowest BCUT2D eigenvalue weighted by Gasteiger charge is -2.35. The Kier molecular flexibility index (Phi) is 6.08. The number of hydrogen-bond acceptors (Lipinski definition) is 4. The molecule has 6 nitrogen and oxygen atoms in total. The van der Waals surface area contributed by atoms with Crippen molar-refractivity contribution < 1.29 is 9.59 Å². The van der Waals surface area contributed by atoms with E-state index in [0.29, 0.717) is 24.5 Å². The molecule has 2 aliphatic rings. The highest BCUT2D eigenvalue weighted by Crippen LogP contribution is 2.19. The molecule has 4 rings (SSSR count). The normalized spacial score (nSPS) is 17.5. The summed E-state index contributed by atoms with van der Waals surface area (Å²) in [6.45, 7) is 4.11. The Morgan fingerprint density at radius 2 is 1.76 bits per heavy atom. The number of likely N-dealkylation sites (tertiary alicyclic amines) is 1. The predicted molar refractivity (Wildman–Crippen MR) is 113 cm³/mol. The van der Waals surface area contributed by atoms with E-state index >= 15 is 0 Å². The first-order valence-corrected chi connectivity index (χ1v) is 10.5. The van der Waals surface area contributed by atoms with E-state index in [0.717, 1.165) is 45.4 Å². The van der Waals surface area contributed by atoms with Crippen molar-refractivity contribution in [2.24, 2.45) is 0 Å². The fourth-order valence-corrected chi connectivity index (χ4v) is 4.05. The molecule has 2 aliphatic heterocycles. The molecular formula is C23H28N4O2. The third-order valence-electron chi connectivity index (χ3n) is 5.79. The molecule has 1 aromatic carbocycles. The number of carbonyl (C=O) groups excluding carboxylic acids is 2. The molecule has 0 atom stereocenters. The maximum Gasteiger partial charge on any atom is 0.254 e. The number of nitrogens with zero attached hydrogens (tertiary/aromatic N) is 4. The standard InChI is InChI=1S/C23H28N4O2/c28-22-18-27(16-15-25(22)14-10-19-7-3-1-4-8-19)21-17-20(9-11-24-21)23(29)26-12-5-2-6-13-26/h1,3-4,7-9,11,17H,2,5-6,10,12-16,18H2. The number of piperazine rings is 1. The first kappa shape index (κ1) is 19.4. The fourth-order valence-electron chi connectivity index (χ4n) is 4.05. The predicted octanol–water partition coefficient (Wildman–Crippen LogP) is 2.60. The number of rotatable bonds is 5. The van der Waals surface area contributed by atoms with Gasteiger partial charge in [0.2, 0.25) is 5.91 Å². The molecule has 0 saturated carbocycles. The van der Waals surface area contributed by atoms with Gasteiger partial charge in [0.05, 0.1) is 6.54 Å². The van der Waals surface area contributed by atoms with Crippen molar-refractivity contribution in [2.75, 3.05) is 44.2 Å². The molecule has 3 heterocycles. The molecule has 2 amide bonds. The number of benzene rings is 1. The van der Waals surface area contributed by atoms with Gasteiger partial charge in [0, 0.05) is 44.5 Å². The van der Waals surface area contributed by atoms with Crippen LogP contribution in [0.5, 0.6) is 0 Å². The summed E-state index contributed by atoms with van der Waals surface area (Å²) in [6, 6.07) is 13.9. The number of piperidine rings is 1. The van der Waals surface area contributed by atoms with Crippen LogP contribution in [0.25, 0.3) is 0 Å². The van der Waals surface area contributed by atoms with Crippen LogP contribution in [0.3, 0.4) is 0 Å². The Labute approximate surface area is 172 Å². The molecule has 0 aliphatic carbocycles. The van der Waals surface area contributed by atoms with E-state index in [1.807, 2.05) is 39.0 Å². The highest BCUT2D eigenvalue weighted by molar-refractivity contribution is 5.95. The Bertz CT molecular complexity index is 849. The van der Waals surface area contributed by atoms with Crippen LogP contribution in [0.1, 0.15) is 35.2 Å². The second-order valence-electron chi connectivity index (χ2n) is 7.79. The Morgan fingerprint density at radius 3 is 2.52 bits per heavy atom. The fraction of sp³-hybridized carbons (Fsp3) is 0.435. The molecular weight excluding hydrogens is 364 g/mol. The molecule has 29 heavy (non-hydrogen) atoms. The van der Waals surface area contributed by atoms with E-state index in [1.165, 1.54) is 12.0 Å². The zero-order chi connectivity index (χ0) is 20.1. The van der Waals surface area contributed by atoms with Crippen LogP contribution in [0.15, 0.2) is 48.7 Å². The highest BCUT2D eigenvalue weighted by atomic mass is 16.2. The smallest absolute Gasteiger partial charge is 0.254 e. The van der Waals surface area contributed by atoms with E-state index in [4.69, 9.17) is 0 Å². The van der Waals surface area contributed by atoms with Crippen molar-refractivity contribution in [3.05, 3.63) is 59.8 Å². The molecule has 2 fully saturated rings. The summed E-state index contributed by atoms with van der Waals surface area (Å²) < 4.78 is 0. The van der Waals surface area contributed by atoms with E-state index in [9.17, 15) is 9.59 Å². The molecule has 0 spiro atoms. The van der Waals surface area contributed by atoms with Crippen molar-refractivity contribution in [1.29, 1.82) is 0 Å². The number of amides is 2. The van der Waals surface area contributed by atoms with Crippen molar-refractivity contribution in [1.82, 2.24) is 14.8 Å². The lowest BCUT2D eigenvalue weighted by atomic mass is 10.1. The molecule has 0 N–H and O–H groups in total. The minimum Gasteiger partial charge on any atom is -0.346 e. The van der Waals surface area contributed by atoms with Gasteiger partial charge in [-0.2, -0.15) is 0 Å².